The van der Waals surface area contributed by atoms with Crippen LogP contribution in [0.4, 0.5) is 0 Å². The molecule has 2 rings (SSSR count). The van der Waals surface area contributed by atoms with Crippen molar-refractivity contribution in [3.63, 3.8) is 0 Å². The highest BCUT2D eigenvalue weighted by atomic mass is 16.8. The van der Waals surface area contributed by atoms with Crippen LogP contribution in [-0.2, 0) is 18.9 Å². The summed E-state index contributed by atoms with van der Waals surface area (Å²) in [4.78, 5) is 0. The van der Waals surface area contributed by atoms with Crippen LogP contribution in [0, 0.1) is 5.92 Å². The van der Waals surface area contributed by atoms with Gasteiger partial charge in [-0.05, 0) is 12.8 Å². The summed E-state index contributed by atoms with van der Waals surface area (Å²) in [6.45, 7) is 8.64. The molecule has 0 aliphatic carbocycles. The molecule has 1 unspecified atom stereocenters. The lowest BCUT2D eigenvalue weighted by atomic mass is 9.94. The van der Waals surface area contributed by atoms with Gasteiger partial charge in [-0.3, -0.25) is 0 Å². The fraction of sp³-hybridized carbons (Fsp3) is 1.00. The second-order valence-corrected chi connectivity index (χ2v) is 4.66. The average molecular weight is 230 g/mol. The molecule has 4 heteroatoms. The van der Waals surface area contributed by atoms with E-state index in [0.717, 1.165) is 12.8 Å². The van der Waals surface area contributed by atoms with Gasteiger partial charge < -0.3 is 18.9 Å². The predicted octanol–water partition coefficient (Wildman–Crippen LogP) is 1.93. The van der Waals surface area contributed by atoms with E-state index in [1.54, 1.807) is 0 Å². The van der Waals surface area contributed by atoms with Crippen LogP contribution in [0.1, 0.15) is 33.6 Å². The van der Waals surface area contributed by atoms with Crippen molar-refractivity contribution in [2.24, 2.45) is 5.92 Å². The molecule has 1 spiro atoms. The molecule has 0 saturated carbocycles. The fourth-order valence-corrected chi connectivity index (χ4v) is 2.36. The van der Waals surface area contributed by atoms with Gasteiger partial charge in [-0.1, -0.05) is 20.8 Å². The first-order valence-corrected chi connectivity index (χ1v) is 6.22. The van der Waals surface area contributed by atoms with Gasteiger partial charge in [0.2, 0.25) is 5.79 Å². The first-order valence-electron chi connectivity index (χ1n) is 6.22. The Labute approximate surface area is 97.2 Å². The molecule has 0 aromatic carbocycles. The van der Waals surface area contributed by atoms with Gasteiger partial charge >= 0.3 is 0 Å². The maximum atomic E-state index is 5.93. The molecule has 1 atom stereocenters. The van der Waals surface area contributed by atoms with Crippen LogP contribution >= 0.6 is 0 Å². The molecule has 2 aliphatic rings. The highest BCUT2D eigenvalue weighted by molar-refractivity contribution is 4.85. The van der Waals surface area contributed by atoms with E-state index in [4.69, 9.17) is 18.9 Å². The number of ether oxygens (including phenoxy) is 4. The summed E-state index contributed by atoms with van der Waals surface area (Å²) < 4.78 is 23.0. The van der Waals surface area contributed by atoms with Gasteiger partial charge in [0.15, 0.2) is 5.79 Å². The zero-order chi connectivity index (χ0) is 11.6. The van der Waals surface area contributed by atoms with Crippen LogP contribution in [0.3, 0.4) is 0 Å². The van der Waals surface area contributed by atoms with Crippen molar-refractivity contribution in [1.29, 1.82) is 0 Å². The van der Waals surface area contributed by atoms with Crippen molar-refractivity contribution in [1.82, 2.24) is 0 Å². The maximum absolute atomic E-state index is 5.93. The third kappa shape index (κ3) is 1.99. The Morgan fingerprint density at radius 2 is 1.56 bits per heavy atom. The third-order valence-electron chi connectivity index (χ3n) is 3.74. The van der Waals surface area contributed by atoms with Gasteiger partial charge in [-0.15, -0.1) is 0 Å². The average Bonchev–Trinajstić information content (AvgIpc) is 2.78. The predicted molar refractivity (Wildman–Crippen MR) is 59.0 cm³/mol. The lowest BCUT2D eigenvalue weighted by Gasteiger charge is -2.46. The topological polar surface area (TPSA) is 36.9 Å². The zero-order valence-corrected chi connectivity index (χ0v) is 10.5. The molecule has 2 fully saturated rings. The van der Waals surface area contributed by atoms with E-state index < -0.39 is 11.6 Å². The van der Waals surface area contributed by atoms with E-state index in [2.05, 4.69) is 20.8 Å². The monoisotopic (exact) mass is 230 g/mol. The van der Waals surface area contributed by atoms with E-state index >= 15 is 0 Å². The van der Waals surface area contributed by atoms with Gasteiger partial charge in [-0.2, -0.15) is 0 Å². The normalized spacial score (nSPS) is 29.4. The molecule has 0 amide bonds. The Balaban J connectivity index is 2.01. The van der Waals surface area contributed by atoms with Crippen molar-refractivity contribution in [2.45, 2.75) is 45.2 Å². The second-order valence-electron chi connectivity index (χ2n) is 4.66. The van der Waals surface area contributed by atoms with Crippen LogP contribution in [0.5, 0.6) is 0 Å². The Bertz CT molecular complexity index is 225. The molecule has 0 aromatic heterocycles. The summed E-state index contributed by atoms with van der Waals surface area (Å²) in [5, 5.41) is 0. The van der Waals surface area contributed by atoms with E-state index in [-0.39, 0.29) is 0 Å². The molecule has 2 saturated heterocycles. The smallest absolute Gasteiger partial charge is 0.216 e. The molecule has 2 heterocycles. The summed E-state index contributed by atoms with van der Waals surface area (Å²) >= 11 is 0. The molecule has 0 aromatic rings. The number of hydrogen-bond acceptors (Lipinski definition) is 4. The van der Waals surface area contributed by atoms with Crippen molar-refractivity contribution in [3.8, 4) is 0 Å². The molecular formula is C12H22O4. The minimum Gasteiger partial charge on any atom is -0.344 e. The molecule has 94 valence electrons. The van der Waals surface area contributed by atoms with E-state index in [9.17, 15) is 0 Å². The lowest BCUT2D eigenvalue weighted by Crippen LogP contribution is -2.56. The van der Waals surface area contributed by atoms with Crippen molar-refractivity contribution >= 4 is 0 Å². The summed E-state index contributed by atoms with van der Waals surface area (Å²) in [6, 6.07) is 0. The minimum absolute atomic E-state index is 0.385. The Hall–Kier alpha value is -0.160. The minimum atomic E-state index is -0.633. The van der Waals surface area contributed by atoms with E-state index in [0.29, 0.717) is 32.3 Å². The Morgan fingerprint density at radius 3 is 2.00 bits per heavy atom. The first-order chi connectivity index (χ1) is 7.66. The Morgan fingerprint density at radius 1 is 1.00 bits per heavy atom. The highest BCUT2D eigenvalue weighted by Crippen LogP contribution is 2.37. The summed E-state index contributed by atoms with van der Waals surface area (Å²) in [6.07, 6.45) is 1.90. The summed E-state index contributed by atoms with van der Waals surface area (Å²) in [5.41, 5.74) is 0. The van der Waals surface area contributed by atoms with E-state index in [1.807, 2.05) is 0 Å². The molecular weight excluding hydrogens is 208 g/mol. The quantitative estimate of drug-likeness (QED) is 0.742. The first kappa shape index (κ1) is 12.3. The summed E-state index contributed by atoms with van der Waals surface area (Å²) in [7, 11) is 0. The van der Waals surface area contributed by atoms with Gasteiger partial charge in [0.25, 0.3) is 0 Å². The van der Waals surface area contributed by atoms with Crippen LogP contribution in [-0.4, -0.2) is 38.0 Å². The standard InChI is InChI=1S/C12H22O4/c1-4-10(3)12(5-2)15-8-11(9-16-12)13-6-7-14-11/h10H,4-9H2,1-3H3. The number of rotatable bonds is 3. The Kier molecular flexibility index (Phi) is 3.54. The number of hydrogen-bond donors (Lipinski definition) is 0. The molecule has 0 radical (unpaired) electrons. The lowest BCUT2D eigenvalue weighted by molar-refractivity contribution is -0.376. The molecule has 4 nitrogen and oxygen atoms in total. The van der Waals surface area contributed by atoms with Gasteiger partial charge in [0.1, 0.15) is 13.2 Å². The van der Waals surface area contributed by atoms with Crippen molar-refractivity contribution in [2.75, 3.05) is 26.4 Å². The fourth-order valence-electron chi connectivity index (χ4n) is 2.36. The third-order valence-corrected chi connectivity index (χ3v) is 3.74. The molecule has 2 aliphatic heterocycles. The van der Waals surface area contributed by atoms with Gasteiger partial charge in [0, 0.05) is 5.92 Å². The molecule has 0 N–H and O–H groups in total. The SMILES string of the molecule is CCC(C)C1(CC)OCC2(CO1)OCCO2. The highest BCUT2D eigenvalue weighted by Gasteiger charge is 2.49. The van der Waals surface area contributed by atoms with Crippen LogP contribution in [0.15, 0.2) is 0 Å². The van der Waals surface area contributed by atoms with Crippen LogP contribution in [0.25, 0.3) is 0 Å². The van der Waals surface area contributed by atoms with Gasteiger partial charge in [0.05, 0.1) is 13.2 Å². The summed E-state index contributed by atoms with van der Waals surface area (Å²) in [5.74, 6) is -0.696. The molecule has 16 heavy (non-hydrogen) atoms. The largest absolute Gasteiger partial charge is 0.344 e. The van der Waals surface area contributed by atoms with E-state index in [1.165, 1.54) is 0 Å². The van der Waals surface area contributed by atoms with Crippen LogP contribution < -0.4 is 0 Å². The second kappa shape index (κ2) is 4.61. The maximum Gasteiger partial charge on any atom is 0.216 e. The molecule has 0 bridgehead atoms. The zero-order valence-electron chi connectivity index (χ0n) is 10.5. The van der Waals surface area contributed by atoms with Crippen LogP contribution in [0.2, 0.25) is 0 Å². The van der Waals surface area contributed by atoms with Gasteiger partial charge in [-0.25, -0.2) is 0 Å². The van der Waals surface area contributed by atoms with Crippen molar-refractivity contribution in [3.05, 3.63) is 0 Å². The van der Waals surface area contributed by atoms with Crippen molar-refractivity contribution < 1.29 is 18.9 Å².